The lowest BCUT2D eigenvalue weighted by Crippen LogP contribution is -2.13. The topological polar surface area (TPSA) is 146 Å². The highest BCUT2D eigenvalue weighted by Gasteiger charge is 2.28. The van der Waals surface area contributed by atoms with Crippen LogP contribution in [-0.2, 0) is 17.1 Å². The highest BCUT2D eigenvalue weighted by molar-refractivity contribution is 7.90. The van der Waals surface area contributed by atoms with Crippen molar-refractivity contribution in [2.45, 2.75) is 24.7 Å². The first-order valence-electron chi connectivity index (χ1n) is 10.9. The second-order valence-electron chi connectivity index (χ2n) is 8.36. The van der Waals surface area contributed by atoms with Crippen LogP contribution in [0.25, 0.3) is 11.0 Å². The lowest BCUT2D eigenvalue weighted by atomic mass is 10.0. The van der Waals surface area contributed by atoms with Crippen molar-refractivity contribution in [3.05, 3.63) is 78.1 Å². The highest BCUT2D eigenvalue weighted by Crippen LogP contribution is 2.36. The zero-order valence-electron chi connectivity index (χ0n) is 19.6. The Morgan fingerprint density at radius 2 is 1.75 bits per heavy atom. The van der Waals surface area contributed by atoms with E-state index in [-0.39, 0.29) is 27.7 Å². The average molecular weight is 508 g/mol. The van der Waals surface area contributed by atoms with Gasteiger partial charge in [0.15, 0.2) is 11.6 Å². The van der Waals surface area contributed by atoms with Crippen molar-refractivity contribution in [1.29, 1.82) is 0 Å². The molecule has 0 saturated carbocycles. The van der Waals surface area contributed by atoms with Gasteiger partial charge >= 0.3 is 0 Å². The summed E-state index contributed by atoms with van der Waals surface area (Å²) in [6.45, 7) is 3.64. The summed E-state index contributed by atoms with van der Waals surface area (Å²) in [5.74, 6) is -0.304. The third-order valence-corrected chi connectivity index (χ3v) is 7.35. The van der Waals surface area contributed by atoms with E-state index in [1.165, 1.54) is 18.3 Å². The summed E-state index contributed by atoms with van der Waals surface area (Å²) in [5.41, 5.74) is 7.90. The van der Waals surface area contributed by atoms with Gasteiger partial charge in [-0.1, -0.05) is 24.6 Å². The molecule has 0 aliphatic heterocycles. The molecule has 184 valence electrons. The van der Waals surface area contributed by atoms with Crippen LogP contribution in [0.3, 0.4) is 0 Å². The molecule has 3 N–H and O–H groups in total. The Kier molecular flexibility index (Phi) is 5.63. The largest absolute Gasteiger partial charge is 0.368 e. The summed E-state index contributed by atoms with van der Waals surface area (Å²) in [7, 11) is -2.28. The normalized spacial score (nSPS) is 12.7. The standard InChI is InChI=1S/C23H22FN9O2S/c1-13-4-6-16(7-5-13)36(34,35)33-10-17(14(2)21-26-8-15(24)9-27-21)19-20(33)22(31-23(25)30-19)29-18-11-32(3)12-28-18/h4-12,14H,1-3H3,(H3,25,29,30,31). The molecule has 0 aliphatic carbocycles. The van der Waals surface area contributed by atoms with Crippen molar-refractivity contribution >= 4 is 38.6 Å². The van der Waals surface area contributed by atoms with Crippen LogP contribution in [0, 0.1) is 12.7 Å². The van der Waals surface area contributed by atoms with Gasteiger partial charge in [0, 0.05) is 30.9 Å². The molecule has 0 amide bonds. The summed E-state index contributed by atoms with van der Waals surface area (Å²) < 4.78 is 43.9. The fraction of sp³-hybridized carbons (Fsp3) is 0.174. The molecule has 11 nitrogen and oxygen atoms in total. The van der Waals surface area contributed by atoms with Crippen LogP contribution in [-0.4, -0.2) is 41.9 Å². The number of nitrogen functional groups attached to an aromatic ring is 1. The average Bonchev–Trinajstić information content (AvgIpc) is 3.43. The zero-order valence-corrected chi connectivity index (χ0v) is 20.4. The number of hydrogen-bond donors (Lipinski definition) is 2. The molecule has 1 aromatic carbocycles. The zero-order chi connectivity index (χ0) is 25.6. The van der Waals surface area contributed by atoms with Crippen molar-refractivity contribution in [2.75, 3.05) is 11.1 Å². The predicted octanol–water partition coefficient (Wildman–Crippen LogP) is 3.12. The number of imidazole rings is 1. The molecule has 36 heavy (non-hydrogen) atoms. The van der Waals surface area contributed by atoms with E-state index >= 15 is 0 Å². The molecular formula is C23H22FN9O2S. The first kappa shape index (κ1) is 23.4. The van der Waals surface area contributed by atoms with Gasteiger partial charge in [0.05, 0.1) is 23.6 Å². The van der Waals surface area contributed by atoms with Gasteiger partial charge in [-0.2, -0.15) is 4.98 Å². The minimum Gasteiger partial charge on any atom is -0.368 e. The number of nitrogens with zero attached hydrogens (tertiary/aromatic N) is 7. The van der Waals surface area contributed by atoms with Crippen LogP contribution >= 0.6 is 0 Å². The number of nitrogens with two attached hydrogens (primary N) is 1. The number of aromatic nitrogens is 7. The Morgan fingerprint density at radius 1 is 1.06 bits per heavy atom. The monoisotopic (exact) mass is 507 g/mol. The molecule has 1 unspecified atom stereocenters. The summed E-state index contributed by atoms with van der Waals surface area (Å²) in [5, 5.41) is 3.05. The van der Waals surface area contributed by atoms with Crippen molar-refractivity contribution in [1.82, 2.24) is 33.5 Å². The molecule has 0 spiro atoms. The number of aryl methyl sites for hydroxylation is 2. The molecule has 0 aliphatic rings. The fourth-order valence-electron chi connectivity index (χ4n) is 3.84. The molecule has 0 radical (unpaired) electrons. The molecule has 4 aromatic heterocycles. The fourth-order valence-corrected chi connectivity index (χ4v) is 5.21. The quantitative estimate of drug-likeness (QED) is 0.354. The van der Waals surface area contributed by atoms with Gasteiger partial charge in [-0.3, -0.25) is 0 Å². The Morgan fingerprint density at radius 3 is 2.39 bits per heavy atom. The minimum absolute atomic E-state index is 0.0695. The second kappa shape index (κ2) is 8.68. The Hall–Kier alpha value is -4.39. The van der Waals surface area contributed by atoms with Crippen LogP contribution < -0.4 is 11.1 Å². The maximum Gasteiger partial charge on any atom is 0.268 e. The Labute approximate surface area is 205 Å². The van der Waals surface area contributed by atoms with E-state index in [4.69, 9.17) is 5.73 Å². The Bertz CT molecular complexity index is 1680. The smallest absolute Gasteiger partial charge is 0.268 e. The number of anilines is 3. The number of nitrogens with one attached hydrogen (secondary N) is 1. The summed E-state index contributed by atoms with van der Waals surface area (Å²) in [6.07, 6.45) is 6.86. The lowest BCUT2D eigenvalue weighted by Gasteiger charge is -2.11. The summed E-state index contributed by atoms with van der Waals surface area (Å²) in [6, 6.07) is 6.51. The van der Waals surface area contributed by atoms with Gasteiger partial charge in [-0.15, -0.1) is 0 Å². The van der Waals surface area contributed by atoms with Gasteiger partial charge in [0.25, 0.3) is 10.0 Å². The molecule has 1 atom stereocenters. The molecule has 0 bridgehead atoms. The summed E-state index contributed by atoms with van der Waals surface area (Å²) >= 11 is 0. The van der Waals surface area contributed by atoms with Crippen LogP contribution in [0.2, 0.25) is 0 Å². The van der Waals surface area contributed by atoms with E-state index in [1.54, 1.807) is 43.2 Å². The molecule has 4 heterocycles. The third-order valence-electron chi connectivity index (χ3n) is 5.67. The second-order valence-corrected chi connectivity index (χ2v) is 10.2. The van der Waals surface area contributed by atoms with Crippen LogP contribution in [0.1, 0.15) is 29.8 Å². The molecule has 5 aromatic rings. The van der Waals surface area contributed by atoms with Gasteiger partial charge < -0.3 is 15.6 Å². The number of benzene rings is 1. The van der Waals surface area contributed by atoms with Gasteiger partial charge in [0.2, 0.25) is 5.95 Å². The van der Waals surface area contributed by atoms with E-state index in [9.17, 15) is 12.8 Å². The van der Waals surface area contributed by atoms with E-state index in [0.29, 0.717) is 17.2 Å². The number of rotatable bonds is 6. The van der Waals surface area contributed by atoms with Gasteiger partial charge in [0.1, 0.15) is 22.7 Å². The molecule has 0 saturated heterocycles. The van der Waals surface area contributed by atoms with Crippen LogP contribution in [0.15, 0.2) is 60.3 Å². The van der Waals surface area contributed by atoms with Crippen molar-refractivity contribution < 1.29 is 12.8 Å². The van der Waals surface area contributed by atoms with E-state index in [0.717, 1.165) is 21.9 Å². The first-order chi connectivity index (χ1) is 17.1. The number of fused-ring (bicyclic) bond motifs is 1. The van der Waals surface area contributed by atoms with E-state index in [2.05, 4.69) is 30.2 Å². The van der Waals surface area contributed by atoms with Crippen molar-refractivity contribution in [3.8, 4) is 0 Å². The molecular weight excluding hydrogens is 485 g/mol. The predicted molar refractivity (Wildman–Crippen MR) is 132 cm³/mol. The lowest BCUT2D eigenvalue weighted by molar-refractivity contribution is 0.589. The highest BCUT2D eigenvalue weighted by atomic mass is 32.2. The number of hydrogen-bond acceptors (Lipinski definition) is 9. The third kappa shape index (κ3) is 4.13. The van der Waals surface area contributed by atoms with E-state index in [1.807, 2.05) is 6.92 Å². The van der Waals surface area contributed by atoms with E-state index < -0.39 is 21.8 Å². The van der Waals surface area contributed by atoms with Crippen molar-refractivity contribution in [3.63, 3.8) is 0 Å². The molecule has 13 heteroatoms. The minimum atomic E-state index is -4.08. The van der Waals surface area contributed by atoms with Crippen molar-refractivity contribution in [2.24, 2.45) is 7.05 Å². The van der Waals surface area contributed by atoms with Crippen LogP contribution in [0.4, 0.5) is 22.0 Å². The molecule has 5 rings (SSSR count). The van der Waals surface area contributed by atoms with Crippen LogP contribution in [0.5, 0.6) is 0 Å². The SMILES string of the molecule is Cc1ccc(S(=O)(=O)n2cc(C(C)c3ncc(F)cn3)c3nc(N)nc(Nc4cn(C)cn4)c32)cc1. The van der Waals surface area contributed by atoms with Gasteiger partial charge in [-0.05, 0) is 19.1 Å². The maximum atomic E-state index is 13.8. The Balaban J connectivity index is 1.77. The number of halogens is 1. The molecule has 0 fully saturated rings. The maximum absolute atomic E-state index is 13.8. The summed E-state index contributed by atoms with van der Waals surface area (Å²) in [4.78, 5) is 21.1. The first-order valence-corrected chi connectivity index (χ1v) is 12.3. The van der Waals surface area contributed by atoms with Gasteiger partial charge in [-0.25, -0.2) is 36.7 Å².